The third kappa shape index (κ3) is 4.71. The summed E-state index contributed by atoms with van der Waals surface area (Å²) in [6, 6.07) is 9.83. The van der Waals surface area contributed by atoms with E-state index in [0.29, 0.717) is 55.2 Å². The maximum atomic E-state index is 13.2. The molecule has 8 heteroatoms. The number of aliphatic hydroxyl groups is 1. The third-order valence-corrected chi connectivity index (χ3v) is 6.26. The first kappa shape index (κ1) is 24.6. The smallest absolute Gasteiger partial charge is 0.295 e. The minimum atomic E-state index is -0.778. The number of rotatable bonds is 9. The minimum absolute atomic E-state index is 0.0464. The molecule has 186 valence electrons. The molecule has 2 aromatic rings. The number of hydrogen-bond donors (Lipinski definition) is 1. The number of aliphatic hydroxyl groups excluding tert-OH is 1. The zero-order valence-electron chi connectivity index (χ0n) is 20.5. The molecule has 4 rings (SSSR count). The van der Waals surface area contributed by atoms with Crippen molar-refractivity contribution in [3.05, 3.63) is 58.7 Å². The fourth-order valence-electron chi connectivity index (χ4n) is 4.69. The van der Waals surface area contributed by atoms with Crippen molar-refractivity contribution in [1.29, 1.82) is 0 Å². The van der Waals surface area contributed by atoms with E-state index in [1.54, 1.807) is 37.4 Å². The number of methoxy groups -OCH3 is 2. The molecule has 0 aromatic heterocycles. The maximum Gasteiger partial charge on any atom is 0.295 e. The van der Waals surface area contributed by atoms with Crippen LogP contribution in [0.25, 0.3) is 5.76 Å². The second-order valence-electron chi connectivity index (χ2n) is 8.64. The molecule has 2 aliphatic heterocycles. The minimum Gasteiger partial charge on any atom is -0.507 e. The Labute approximate surface area is 205 Å². The lowest BCUT2D eigenvalue weighted by Gasteiger charge is -2.26. The van der Waals surface area contributed by atoms with Gasteiger partial charge in [0, 0.05) is 32.2 Å². The van der Waals surface area contributed by atoms with Gasteiger partial charge in [0.05, 0.1) is 25.3 Å². The van der Waals surface area contributed by atoms with Crippen LogP contribution in [0.5, 0.6) is 17.2 Å². The Bertz CT molecular complexity index is 1160. The zero-order valence-corrected chi connectivity index (χ0v) is 20.5. The van der Waals surface area contributed by atoms with E-state index in [0.717, 1.165) is 11.3 Å². The summed E-state index contributed by atoms with van der Waals surface area (Å²) in [5.41, 5.74) is 2.11. The molecular formula is C27H31NO7. The molecule has 2 atom stereocenters. The predicted molar refractivity (Wildman–Crippen MR) is 130 cm³/mol. The molecule has 2 heterocycles. The van der Waals surface area contributed by atoms with Gasteiger partial charge in [-0.3, -0.25) is 9.59 Å². The van der Waals surface area contributed by atoms with Crippen molar-refractivity contribution < 1.29 is 33.6 Å². The van der Waals surface area contributed by atoms with E-state index in [2.05, 4.69) is 0 Å². The molecule has 35 heavy (non-hydrogen) atoms. The second kappa shape index (κ2) is 10.4. The number of ketones is 1. The van der Waals surface area contributed by atoms with Crippen molar-refractivity contribution in [3.63, 3.8) is 0 Å². The van der Waals surface area contributed by atoms with Gasteiger partial charge in [0.25, 0.3) is 11.7 Å². The summed E-state index contributed by atoms with van der Waals surface area (Å²) in [5.74, 6) is 0.222. The highest BCUT2D eigenvalue weighted by Crippen LogP contribution is 2.42. The number of amides is 1. The molecule has 1 amide bonds. The molecule has 0 unspecified atom stereocenters. The number of Topliss-reactive ketones (excluding diaryl/α,β-unsaturated/α-hetero) is 1. The molecule has 0 saturated carbocycles. The van der Waals surface area contributed by atoms with Gasteiger partial charge in [-0.1, -0.05) is 6.07 Å². The molecule has 0 spiro atoms. The summed E-state index contributed by atoms with van der Waals surface area (Å²) in [5, 5.41) is 11.4. The Hall–Kier alpha value is -3.52. The molecule has 0 aliphatic carbocycles. The number of hydrogen-bond acceptors (Lipinski definition) is 7. The van der Waals surface area contributed by atoms with Gasteiger partial charge in [-0.25, -0.2) is 0 Å². The predicted octanol–water partition coefficient (Wildman–Crippen LogP) is 3.88. The van der Waals surface area contributed by atoms with E-state index in [9.17, 15) is 14.7 Å². The Morgan fingerprint density at radius 2 is 1.94 bits per heavy atom. The first-order chi connectivity index (χ1) is 16.9. The van der Waals surface area contributed by atoms with Crippen LogP contribution in [0.3, 0.4) is 0 Å². The number of ether oxygens (including phenoxy) is 4. The summed E-state index contributed by atoms with van der Waals surface area (Å²) < 4.78 is 22.0. The summed E-state index contributed by atoms with van der Waals surface area (Å²) in [4.78, 5) is 27.8. The fourth-order valence-corrected chi connectivity index (χ4v) is 4.69. The molecule has 1 fully saturated rings. The number of nitrogens with zero attached hydrogens (tertiary/aromatic N) is 1. The molecule has 1 saturated heterocycles. The Morgan fingerprint density at radius 3 is 2.66 bits per heavy atom. The number of fused-ring (bicyclic) bond motifs is 1. The van der Waals surface area contributed by atoms with E-state index in [-0.39, 0.29) is 17.4 Å². The molecule has 8 nitrogen and oxygen atoms in total. The van der Waals surface area contributed by atoms with E-state index < -0.39 is 17.7 Å². The first-order valence-corrected chi connectivity index (χ1v) is 11.8. The zero-order chi connectivity index (χ0) is 25.1. The van der Waals surface area contributed by atoms with E-state index in [1.165, 1.54) is 12.0 Å². The number of carbonyl (C=O) groups excluding carboxylic acids is 2. The van der Waals surface area contributed by atoms with Gasteiger partial charge in [-0.2, -0.15) is 0 Å². The van der Waals surface area contributed by atoms with Gasteiger partial charge in [0.2, 0.25) is 0 Å². The van der Waals surface area contributed by atoms with Crippen molar-refractivity contribution in [2.24, 2.45) is 0 Å². The molecule has 0 bridgehead atoms. The van der Waals surface area contributed by atoms with Crippen LogP contribution in [0.2, 0.25) is 0 Å². The lowest BCUT2D eigenvalue weighted by molar-refractivity contribution is -0.140. The highest BCUT2D eigenvalue weighted by molar-refractivity contribution is 6.46. The highest BCUT2D eigenvalue weighted by atomic mass is 16.5. The number of benzene rings is 2. The van der Waals surface area contributed by atoms with Crippen molar-refractivity contribution in [1.82, 2.24) is 4.90 Å². The Kier molecular flexibility index (Phi) is 7.31. The highest BCUT2D eigenvalue weighted by Gasteiger charge is 2.46. The summed E-state index contributed by atoms with van der Waals surface area (Å²) in [6.07, 6.45) is 1.30. The van der Waals surface area contributed by atoms with Gasteiger partial charge in [0.15, 0.2) is 11.5 Å². The van der Waals surface area contributed by atoms with Crippen molar-refractivity contribution in [2.45, 2.75) is 38.8 Å². The monoisotopic (exact) mass is 481 g/mol. The Morgan fingerprint density at radius 1 is 1.14 bits per heavy atom. The van der Waals surface area contributed by atoms with Crippen LogP contribution in [-0.4, -0.2) is 61.8 Å². The van der Waals surface area contributed by atoms with Crippen LogP contribution in [-0.2, 0) is 20.7 Å². The lowest BCUT2D eigenvalue weighted by atomic mass is 9.94. The molecule has 1 N–H and O–H groups in total. The van der Waals surface area contributed by atoms with Crippen molar-refractivity contribution >= 4 is 17.4 Å². The Balaban J connectivity index is 1.82. The summed E-state index contributed by atoms with van der Waals surface area (Å²) in [7, 11) is 3.12. The van der Waals surface area contributed by atoms with Gasteiger partial charge < -0.3 is 29.0 Å². The SMILES string of the molecule is CCOc1ccc([C@@H]2C(=C(O)c3ccc4c(c3)C[C@@H](C)O4)C(=O)C(=O)N2CCCOC)cc1OC. The van der Waals surface area contributed by atoms with Crippen LogP contribution in [0, 0.1) is 0 Å². The quantitative estimate of drug-likeness (QED) is 0.251. The summed E-state index contributed by atoms with van der Waals surface area (Å²) in [6.45, 7) is 5.05. The largest absolute Gasteiger partial charge is 0.507 e. The van der Waals surface area contributed by atoms with Crippen LogP contribution in [0.1, 0.15) is 43.0 Å². The topological polar surface area (TPSA) is 94.5 Å². The summed E-state index contributed by atoms with van der Waals surface area (Å²) >= 11 is 0. The average molecular weight is 482 g/mol. The van der Waals surface area contributed by atoms with E-state index in [1.807, 2.05) is 19.9 Å². The van der Waals surface area contributed by atoms with Crippen molar-refractivity contribution in [2.75, 3.05) is 34.0 Å². The third-order valence-electron chi connectivity index (χ3n) is 6.26. The molecule has 2 aliphatic rings. The van der Waals surface area contributed by atoms with Gasteiger partial charge >= 0.3 is 0 Å². The van der Waals surface area contributed by atoms with E-state index >= 15 is 0 Å². The van der Waals surface area contributed by atoms with Crippen molar-refractivity contribution in [3.8, 4) is 17.2 Å². The maximum absolute atomic E-state index is 13.2. The van der Waals surface area contributed by atoms with Crippen LogP contribution >= 0.6 is 0 Å². The fraction of sp³-hybridized carbons (Fsp3) is 0.407. The van der Waals surface area contributed by atoms with Gasteiger partial charge in [-0.05, 0) is 61.7 Å². The standard InChI is InChI=1S/C27H31NO7/c1-5-34-21-10-7-17(15-22(21)33-4)24-23(26(30)27(31)28(24)11-6-12-32-3)25(29)18-8-9-20-19(14-18)13-16(2)35-20/h7-10,14-16,24,29H,5-6,11-13H2,1-4H3/t16-,24-/m1/s1. The lowest BCUT2D eigenvalue weighted by Crippen LogP contribution is -2.31. The average Bonchev–Trinajstić information content (AvgIpc) is 3.35. The molecule has 2 aromatic carbocycles. The first-order valence-electron chi connectivity index (χ1n) is 11.8. The van der Waals surface area contributed by atoms with E-state index in [4.69, 9.17) is 18.9 Å². The molecule has 0 radical (unpaired) electrons. The van der Waals surface area contributed by atoms with Gasteiger partial charge in [0.1, 0.15) is 17.6 Å². The molecular weight excluding hydrogens is 450 g/mol. The number of likely N-dealkylation sites (tertiary alicyclic amines) is 1. The second-order valence-corrected chi connectivity index (χ2v) is 8.64. The normalized spacial score (nSPS) is 20.6. The van der Waals surface area contributed by atoms with Crippen LogP contribution in [0.15, 0.2) is 42.0 Å². The van der Waals surface area contributed by atoms with Gasteiger partial charge in [-0.15, -0.1) is 0 Å². The van der Waals surface area contributed by atoms with Crippen LogP contribution in [0.4, 0.5) is 0 Å². The van der Waals surface area contributed by atoms with Crippen LogP contribution < -0.4 is 14.2 Å². The number of carbonyl (C=O) groups is 2.